The standard InChI is InChI=1S/C17H10BrN5O4/c18-10-3-6-13-12(7-10)14-15(20-13)16(24)22(17(25)21-14)19-8-9-1-4-11(5-2-9)23(26)27/h1-8,20H,(H,21,25)/b19-8-. The number of nitro groups is 1. The molecule has 2 heterocycles. The van der Waals surface area contributed by atoms with Crippen LogP contribution in [0.25, 0.3) is 21.9 Å². The van der Waals surface area contributed by atoms with Crippen molar-refractivity contribution in [1.29, 1.82) is 0 Å². The zero-order chi connectivity index (χ0) is 19.1. The van der Waals surface area contributed by atoms with Gasteiger partial charge in [0.1, 0.15) is 5.52 Å². The Balaban J connectivity index is 1.82. The van der Waals surface area contributed by atoms with E-state index >= 15 is 0 Å². The monoisotopic (exact) mass is 427 g/mol. The molecule has 0 radical (unpaired) electrons. The Hall–Kier alpha value is -3.53. The molecule has 0 saturated heterocycles. The van der Waals surface area contributed by atoms with Crippen molar-refractivity contribution in [3.05, 3.63) is 83.5 Å². The molecule has 27 heavy (non-hydrogen) atoms. The van der Waals surface area contributed by atoms with Crippen LogP contribution in [0.3, 0.4) is 0 Å². The fourth-order valence-electron chi connectivity index (χ4n) is 2.72. The summed E-state index contributed by atoms with van der Waals surface area (Å²) in [6.45, 7) is 0. The smallest absolute Gasteiger partial charge is 0.349 e. The Kier molecular flexibility index (Phi) is 3.96. The van der Waals surface area contributed by atoms with E-state index in [-0.39, 0.29) is 11.2 Å². The topological polar surface area (TPSA) is 126 Å². The summed E-state index contributed by atoms with van der Waals surface area (Å²) in [5, 5.41) is 15.3. The Labute approximate surface area is 158 Å². The van der Waals surface area contributed by atoms with Gasteiger partial charge in [-0.1, -0.05) is 15.9 Å². The van der Waals surface area contributed by atoms with Crippen LogP contribution in [-0.4, -0.2) is 25.8 Å². The van der Waals surface area contributed by atoms with E-state index in [1.807, 2.05) is 6.07 Å². The van der Waals surface area contributed by atoms with Gasteiger partial charge >= 0.3 is 11.2 Å². The van der Waals surface area contributed by atoms with E-state index < -0.39 is 16.2 Å². The molecule has 10 heteroatoms. The lowest BCUT2D eigenvalue weighted by atomic mass is 10.2. The van der Waals surface area contributed by atoms with Gasteiger partial charge in [-0.25, -0.2) is 4.79 Å². The summed E-state index contributed by atoms with van der Waals surface area (Å²) >= 11 is 3.36. The quantitative estimate of drug-likeness (QED) is 0.296. The molecule has 0 aliphatic carbocycles. The number of benzene rings is 2. The number of non-ortho nitro benzene ring substituents is 1. The lowest BCUT2D eigenvalue weighted by Gasteiger charge is -1.98. The number of nitrogens with one attached hydrogen (secondary N) is 2. The molecule has 0 bridgehead atoms. The first-order valence-corrected chi connectivity index (χ1v) is 8.48. The molecule has 0 unspecified atom stereocenters. The van der Waals surface area contributed by atoms with Gasteiger partial charge in [-0.05, 0) is 35.9 Å². The molecule has 2 N–H and O–H groups in total. The van der Waals surface area contributed by atoms with Crippen molar-refractivity contribution in [3.8, 4) is 0 Å². The summed E-state index contributed by atoms with van der Waals surface area (Å²) in [5.41, 5.74) is 0.496. The normalized spacial score (nSPS) is 11.6. The van der Waals surface area contributed by atoms with Crippen molar-refractivity contribution in [2.75, 3.05) is 0 Å². The number of fused-ring (bicyclic) bond motifs is 3. The highest BCUT2D eigenvalue weighted by atomic mass is 79.9. The Morgan fingerprint density at radius 2 is 1.81 bits per heavy atom. The Morgan fingerprint density at radius 1 is 1.07 bits per heavy atom. The first-order chi connectivity index (χ1) is 12.9. The minimum atomic E-state index is -0.688. The molecule has 134 valence electrons. The molecule has 0 atom stereocenters. The van der Waals surface area contributed by atoms with Gasteiger partial charge in [0.15, 0.2) is 0 Å². The van der Waals surface area contributed by atoms with E-state index in [0.29, 0.717) is 26.7 Å². The van der Waals surface area contributed by atoms with Gasteiger partial charge < -0.3 is 9.97 Å². The minimum absolute atomic E-state index is 0.0622. The van der Waals surface area contributed by atoms with Crippen LogP contribution in [-0.2, 0) is 0 Å². The summed E-state index contributed by atoms with van der Waals surface area (Å²) < 4.78 is 1.52. The van der Waals surface area contributed by atoms with Crippen molar-refractivity contribution >= 4 is 49.8 Å². The highest BCUT2D eigenvalue weighted by Gasteiger charge is 2.12. The van der Waals surface area contributed by atoms with E-state index in [0.717, 1.165) is 4.47 Å². The molecular weight excluding hydrogens is 418 g/mol. The van der Waals surface area contributed by atoms with Gasteiger partial charge in [0.2, 0.25) is 0 Å². The van der Waals surface area contributed by atoms with E-state index in [2.05, 4.69) is 31.0 Å². The molecule has 9 nitrogen and oxygen atoms in total. The number of aromatic nitrogens is 3. The van der Waals surface area contributed by atoms with Crippen LogP contribution in [0.1, 0.15) is 5.56 Å². The predicted molar refractivity (Wildman–Crippen MR) is 104 cm³/mol. The number of halogens is 1. The molecule has 0 amide bonds. The van der Waals surface area contributed by atoms with E-state index in [9.17, 15) is 19.7 Å². The number of rotatable bonds is 3. The van der Waals surface area contributed by atoms with Crippen LogP contribution in [0, 0.1) is 10.1 Å². The highest BCUT2D eigenvalue weighted by molar-refractivity contribution is 9.10. The first kappa shape index (κ1) is 16.9. The molecule has 2 aromatic carbocycles. The molecule has 0 fully saturated rings. The van der Waals surface area contributed by atoms with Gasteiger partial charge in [-0.3, -0.25) is 14.9 Å². The summed E-state index contributed by atoms with van der Waals surface area (Å²) in [7, 11) is 0. The average molecular weight is 428 g/mol. The lowest BCUT2D eigenvalue weighted by molar-refractivity contribution is -0.384. The zero-order valence-electron chi connectivity index (χ0n) is 13.5. The maximum Gasteiger partial charge on any atom is 0.350 e. The number of nitrogens with zero attached hydrogens (tertiary/aromatic N) is 3. The van der Waals surface area contributed by atoms with Crippen LogP contribution in [0.5, 0.6) is 0 Å². The molecule has 0 spiro atoms. The lowest BCUT2D eigenvalue weighted by Crippen LogP contribution is -2.32. The third-order valence-corrected chi connectivity index (χ3v) is 4.51. The van der Waals surface area contributed by atoms with Gasteiger partial charge in [0.05, 0.1) is 16.7 Å². The van der Waals surface area contributed by atoms with Crippen molar-refractivity contribution in [2.24, 2.45) is 5.10 Å². The van der Waals surface area contributed by atoms with Crippen molar-refractivity contribution in [1.82, 2.24) is 14.6 Å². The molecule has 4 rings (SSSR count). The minimum Gasteiger partial charge on any atom is -0.349 e. The molecule has 0 aliphatic heterocycles. The van der Waals surface area contributed by atoms with Crippen LogP contribution >= 0.6 is 15.9 Å². The molecule has 0 aliphatic rings. The summed E-state index contributed by atoms with van der Waals surface area (Å²) in [5.74, 6) is 0. The Bertz CT molecular complexity index is 1350. The maximum atomic E-state index is 12.7. The summed E-state index contributed by atoms with van der Waals surface area (Å²) in [6, 6.07) is 11.0. The average Bonchev–Trinajstić information content (AvgIpc) is 3.00. The fourth-order valence-corrected chi connectivity index (χ4v) is 3.08. The first-order valence-electron chi connectivity index (χ1n) is 7.69. The van der Waals surface area contributed by atoms with Gasteiger partial charge in [-0.2, -0.15) is 5.10 Å². The SMILES string of the molecule is O=c1[nH]c2c([nH]c3ccc(Br)cc32)c(=O)n1/N=C\c1ccc([N+](=O)[O-])cc1. The third-order valence-electron chi connectivity index (χ3n) is 4.02. The Morgan fingerprint density at radius 3 is 2.52 bits per heavy atom. The van der Waals surface area contributed by atoms with Gasteiger partial charge in [-0.15, -0.1) is 4.68 Å². The van der Waals surface area contributed by atoms with Crippen molar-refractivity contribution < 1.29 is 4.92 Å². The zero-order valence-corrected chi connectivity index (χ0v) is 15.1. The number of nitro benzene ring substituents is 1. The number of aromatic amines is 2. The number of hydrogen-bond acceptors (Lipinski definition) is 5. The highest BCUT2D eigenvalue weighted by Crippen LogP contribution is 2.24. The molecule has 0 saturated carbocycles. The van der Waals surface area contributed by atoms with Crippen molar-refractivity contribution in [3.63, 3.8) is 0 Å². The van der Waals surface area contributed by atoms with E-state index in [1.54, 1.807) is 12.1 Å². The number of hydrogen-bond donors (Lipinski definition) is 2. The molecule has 2 aromatic heterocycles. The predicted octanol–water partition coefficient (Wildman–Crippen LogP) is 2.72. The van der Waals surface area contributed by atoms with E-state index in [1.165, 1.54) is 30.5 Å². The summed E-state index contributed by atoms with van der Waals surface area (Å²) in [6.07, 6.45) is 1.28. The second-order valence-corrected chi connectivity index (χ2v) is 6.62. The largest absolute Gasteiger partial charge is 0.350 e. The second kappa shape index (κ2) is 6.32. The van der Waals surface area contributed by atoms with Crippen LogP contribution in [0.4, 0.5) is 5.69 Å². The van der Waals surface area contributed by atoms with Gasteiger partial charge in [0, 0.05) is 27.5 Å². The van der Waals surface area contributed by atoms with Crippen molar-refractivity contribution in [2.45, 2.75) is 0 Å². The molecule has 4 aromatic rings. The van der Waals surface area contributed by atoms with Crippen LogP contribution in [0.2, 0.25) is 0 Å². The maximum absolute atomic E-state index is 12.7. The number of H-pyrrole nitrogens is 2. The molecular formula is C17H10BrN5O4. The van der Waals surface area contributed by atoms with Crippen LogP contribution < -0.4 is 11.2 Å². The van der Waals surface area contributed by atoms with Crippen LogP contribution in [0.15, 0.2) is 61.6 Å². The summed E-state index contributed by atoms with van der Waals surface area (Å²) in [4.78, 5) is 40.8. The fraction of sp³-hybridized carbons (Fsp3) is 0. The third kappa shape index (κ3) is 2.95. The second-order valence-electron chi connectivity index (χ2n) is 5.71. The van der Waals surface area contributed by atoms with Gasteiger partial charge in [0.25, 0.3) is 5.69 Å². The van der Waals surface area contributed by atoms with E-state index in [4.69, 9.17) is 0 Å².